The lowest BCUT2D eigenvalue weighted by Crippen LogP contribution is -1.99. The first-order chi connectivity index (χ1) is 15.7. The van der Waals surface area contributed by atoms with Crippen LogP contribution in [0.15, 0.2) is 60.9 Å². The molecule has 0 saturated heterocycles. The predicted molar refractivity (Wildman–Crippen MR) is 132 cm³/mol. The van der Waals surface area contributed by atoms with Gasteiger partial charge in [-0.25, -0.2) is 9.97 Å². The highest BCUT2D eigenvalue weighted by Crippen LogP contribution is 2.25. The summed E-state index contributed by atoms with van der Waals surface area (Å²) in [6.07, 6.45) is 13.4. The Bertz CT molecular complexity index is 904. The summed E-state index contributed by atoms with van der Waals surface area (Å²) >= 11 is 0. The number of nitrogens with zero attached hydrogens (tertiary/aromatic N) is 2. The second-order valence-corrected chi connectivity index (χ2v) is 8.44. The van der Waals surface area contributed by atoms with Gasteiger partial charge in [-0.3, -0.25) is 0 Å². The minimum absolute atomic E-state index is 0.448. The van der Waals surface area contributed by atoms with Crippen LogP contribution in [0, 0.1) is 0 Å². The molecule has 0 aliphatic carbocycles. The number of hydrogen-bond donors (Lipinski definition) is 1. The molecular weight excluding hydrogens is 396 g/mol. The Kier molecular flexibility index (Phi) is 9.70. The van der Waals surface area contributed by atoms with E-state index >= 15 is 0 Å². The maximum atomic E-state index is 9.66. The van der Waals surface area contributed by atoms with Crippen molar-refractivity contribution in [1.29, 1.82) is 0 Å². The van der Waals surface area contributed by atoms with E-state index in [-0.39, 0.29) is 0 Å². The van der Waals surface area contributed by atoms with Crippen molar-refractivity contribution in [3.8, 4) is 28.3 Å². The molecule has 0 aliphatic rings. The van der Waals surface area contributed by atoms with Gasteiger partial charge >= 0.3 is 0 Å². The summed E-state index contributed by atoms with van der Waals surface area (Å²) in [7, 11) is 0. The van der Waals surface area contributed by atoms with Crippen LogP contribution < -0.4 is 4.74 Å². The first-order valence-electron chi connectivity index (χ1n) is 12.0. The highest BCUT2D eigenvalue weighted by molar-refractivity contribution is 5.67. The first-order valence-corrected chi connectivity index (χ1v) is 12.0. The van der Waals surface area contributed by atoms with Gasteiger partial charge in [-0.05, 0) is 30.0 Å². The van der Waals surface area contributed by atoms with Crippen LogP contribution in [0.4, 0.5) is 0 Å². The van der Waals surface area contributed by atoms with Crippen molar-refractivity contribution in [1.82, 2.24) is 9.97 Å². The van der Waals surface area contributed by atoms with Crippen LogP contribution in [-0.2, 0) is 0 Å². The molecule has 3 aromatic rings. The van der Waals surface area contributed by atoms with Gasteiger partial charge in [-0.1, -0.05) is 100 Å². The molecular formula is C28H36N2O2. The van der Waals surface area contributed by atoms with Gasteiger partial charge in [0.25, 0.3) is 0 Å². The van der Waals surface area contributed by atoms with Gasteiger partial charge < -0.3 is 9.84 Å². The molecule has 3 rings (SSSR count). The zero-order valence-corrected chi connectivity index (χ0v) is 19.5. The SMILES string of the molecule is CCCCCCCCCCOc1cnc(-c2ccc(-c3ccc([C@@H](C)O)cc3)cc2)nc1. The van der Waals surface area contributed by atoms with Gasteiger partial charge in [0, 0.05) is 5.56 Å². The lowest BCUT2D eigenvalue weighted by atomic mass is 10.0. The largest absolute Gasteiger partial charge is 0.490 e. The summed E-state index contributed by atoms with van der Waals surface area (Å²) in [5.74, 6) is 1.42. The molecule has 0 amide bonds. The molecule has 4 nitrogen and oxygen atoms in total. The molecule has 0 bridgehead atoms. The molecule has 0 aliphatic heterocycles. The van der Waals surface area contributed by atoms with Crippen molar-refractivity contribution >= 4 is 0 Å². The average molecular weight is 433 g/mol. The van der Waals surface area contributed by atoms with Crippen LogP contribution in [0.3, 0.4) is 0 Å². The number of unbranched alkanes of at least 4 members (excludes halogenated alkanes) is 7. The predicted octanol–water partition coefficient (Wildman–Crippen LogP) is 7.38. The maximum absolute atomic E-state index is 9.66. The monoisotopic (exact) mass is 432 g/mol. The molecule has 0 radical (unpaired) electrons. The van der Waals surface area contributed by atoms with E-state index in [9.17, 15) is 5.11 Å². The molecule has 170 valence electrons. The summed E-state index contributed by atoms with van der Waals surface area (Å²) in [6, 6.07) is 16.2. The number of benzene rings is 2. The van der Waals surface area contributed by atoms with Crippen LogP contribution in [0.1, 0.15) is 76.9 Å². The zero-order valence-electron chi connectivity index (χ0n) is 19.5. The summed E-state index contributed by atoms with van der Waals surface area (Å²) < 4.78 is 5.80. The summed E-state index contributed by atoms with van der Waals surface area (Å²) in [5, 5.41) is 9.66. The van der Waals surface area contributed by atoms with E-state index in [2.05, 4.69) is 29.0 Å². The Hall–Kier alpha value is -2.72. The van der Waals surface area contributed by atoms with Gasteiger partial charge in [0.05, 0.1) is 25.1 Å². The van der Waals surface area contributed by atoms with Crippen molar-refractivity contribution in [2.75, 3.05) is 6.61 Å². The summed E-state index contributed by atoms with van der Waals surface area (Å²) in [4.78, 5) is 8.95. The van der Waals surface area contributed by atoms with E-state index in [1.165, 1.54) is 44.9 Å². The molecule has 32 heavy (non-hydrogen) atoms. The van der Waals surface area contributed by atoms with Crippen LogP contribution in [0.2, 0.25) is 0 Å². The van der Waals surface area contributed by atoms with Crippen molar-refractivity contribution in [2.45, 2.75) is 71.3 Å². The second kappa shape index (κ2) is 13.0. The molecule has 1 aromatic heterocycles. The van der Waals surface area contributed by atoms with E-state index in [1.54, 1.807) is 19.3 Å². The highest BCUT2D eigenvalue weighted by atomic mass is 16.5. The molecule has 0 saturated carbocycles. The van der Waals surface area contributed by atoms with Crippen LogP contribution in [0.25, 0.3) is 22.5 Å². The zero-order chi connectivity index (χ0) is 22.6. The molecule has 0 spiro atoms. The first kappa shape index (κ1) is 23.9. The Morgan fingerprint density at radius 2 is 1.22 bits per heavy atom. The van der Waals surface area contributed by atoms with Crippen molar-refractivity contribution in [3.63, 3.8) is 0 Å². The number of ether oxygens (including phenoxy) is 1. The lowest BCUT2D eigenvalue weighted by molar-refractivity contribution is 0.199. The van der Waals surface area contributed by atoms with Crippen molar-refractivity contribution in [3.05, 3.63) is 66.5 Å². The molecule has 1 N–H and O–H groups in total. The Morgan fingerprint density at radius 3 is 1.78 bits per heavy atom. The van der Waals surface area contributed by atoms with E-state index in [0.29, 0.717) is 5.82 Å². The topological polar surface area (TPSA) is 55.2 Å². The van der Waals surface area contributed by atoms with E-state index in [4.69, 9.17) is 4.74 Å². The molecule has 1 heterocycles. The normalized spacial score (nSPS) is 12.0. The van der Waals surface area contributed by atoms with E-state index in [0.717, 1.165) is 41.0 Å². The summed E-state index contributed by atoms with van der Waals surface area (Å²) in [6.45, 7) is 4.75. The number of rotatable bonds is 13. The van der Waals surface area contributed by atoms with Crippen LogP contribution in [-0.4, -0.2) is 21.7 Å². The highest BCUT2D eigenvalue weighted by Gasteiger charge is 2.05. The lowest BCUT2D eigenvalue weighted by Gasteiger charge is -2.08. The molecule has 1 atom stereocenters. The molecule has 0 unspecified atom stereocenters. The number of aromatic nitrogens is 2. The average Bonchev–Trinajstić information content (AvgIpc) is 2.83. The number of aliphatic hydroxyl groups is 1. The molecule has 0 fully saturated rings. The summed E-state index contributed by atoms with van der Waals surface area (Å²) in [5.41, 5.74) is 4.13. The Morgan fingerprint density at radius 1 is 0.719 bits per heavy atom. The van der Waals surface area contributed by atoms with Gasteiger partial charge in [-0.2, -0.15) is 0 Å². The third kappa shape index (κ3) is 7.45. The third-order valence-electron chi connectivity index (χ3n) is 5.76. The fraction of sp³-hybridized carbons (Fsp3) is 0.429. The Labute approximate surface area is 192 Å². The fourth-order valence-corrected chi connectivity index (χ4v) is 3.73. The smallest absolute Gasteiger partial charge is 0.159 e. The van der Waals surface area contributed by atoms with Crippen molar-refractivity contribution in [2.24, 2.45) is 0 Å². The van der Waals surface area contributed by atoms with Gasteiger partial charge in [0.15, 0.2) is 11.6 Å². The van der Waals surface area contributed by atoms with Crippen LogP contribution in [0.5, 0.6) is 5.75 Å². The minimum atomic E-state index is -0.448. The third-order valence-corrected chi connectivity index (χ3v) is 5.76. The van der Waals surface area contributed by atoms with E-state index in [1.807, 2.05) is 36.4 Å². The standard InChI is InChI=1S/C28H36N2O2/c1-3-4-5-6-7-8-9-10-19-32-27-20-29-28(30-21-27)26-17-15-25(16-18-26)24-13-11-23(12-14-24)22(2)31/h11-18,20-22,31H,3-10,19H2,1-2H3/t22-/m1/s1. The van der Waals surface area contributed by atoms with Crippen LogP contribution >= 0.6 is 0 Å². The molecule has 2 aromatic carbocycles. The maximum Gasteiger partial charge on any atom is 0.159 e. The van der Waals surface area contributed by atoms with Gasteiger partial charge in [0.2, 0.25) is 0 Å². The Balaban J connectivity index is 1.44. The minimum Gasteiger partial charge on any atom is -0.490 e. The second-order valence-electron chi connectivity index (χ2n) is 8.44. The quantitative estimate of drug-likeness (QED) is 0.286. The molecule has 4 heteroatoms. The van der Waals surface area contributed by atoms with E-state index < -0.39 is 6.10 Å². The number of hydrogen-bond acceptors (Lipinski definition) is 4. The number of aliphatic hydroxyl groups excluding tert-OH is 1. The fourth-order valence-electron chi connectivity index (χ4n) is 3.73. The van der Waals surface area contributed by atoms with Gasteiger partial charge in [0.1, 0.15) is 0 Å². The van der Waals surface area contributed by atoms with Gasteiger partial charge in [-0.15, -0.1) is 0 Å². The van der Waals surface area contributed by atoms with Crippen molar-refractivity contribution < 1.29 is 9.84 Å².